The molecule has 1 rings (SSSR count). The molecule has 19 heavy (non-hydrogen) atoms. The van der Waals surface area contributed by atoms with Crippen LogP contribution in [0.25, 0.3) is 0 Å². The van der Waals surface area contributed by atoms with Crippen molar-refractivity contribution < 1.29 is 4.79 Å². The number of unbranched alkanes of at least 4 members (excludes halogenated alkanes) is 4. The van der Waals surface area contributed by atoms with Gasteiger partial charge in [-0.1, -0.05) is 39.5 Å². The van der Waals surface area contributed by atoms with E-state index in [2.05, 4.69) is 13.8 Å². The molecule has 0 aromatic carbocycles. The van der Waals surface area contributed by atoms with Gasteiger partial charge in [-0.15, -0.1) is 0 Å². The van der Waals surface area contributed by atoms with E-state index in [1.54, 1.807) is 0 Å². The van der Waals surface area contributed by atoms with Gasteiger partial charge in [0.05, 0.1) is 5.54 Å². The Bertz CT molecular complexity index is 262. The molecule has 3 nitrogen and oxygen atoms in total. The monoisotopic (exact) mass is 268 g/mol. The lowest BCUT2D eigenvalue weighted by molar-refractivity contribution is -0.137. The van der Waals surface area contributed by atoms with E-state index in [-0.39, 0.29) is 5.91 Å². The topological polar surface area (TPSA) is 46.3 Å². The van der Waals surface area contributed by atoms with Crippen LogP contribution in [0.5, 0.6) is 0 Å². The predicted octanol–water partition coefficient (Wildman–Crippen LogP) is 3.32. The first-order chi connectivity index (χ1) is 9.04. The second-order valence-electron chi connectivity index (χ2n) is 6.26. The maximum Gasteiger partial charge on any atom is 0.242 e. The molecule has 0 aromatic heterocycles. The molecule has 0 spiro atoms. The van der Waals surface area contributed by atoms with Crippen molar-refractivity contribution in [3.63, 3.8) is 0 Å². The zero-order valence-electron chi connectivity index (χ0n) is 13.1. The molecule has 1 amide bonds. The highest BCUT2D eigenvalue weighted by molar-refractivity contribution is 5.86. The Kier molecular flexibility index (Phi) is 6.84. The van der Waals surface area contributed by atoms with Crippen molar-refractivity contribution in [2.45, 2.75) is 77.7 Å². The summed E-state index contributed by atoms with van der Waals surface area (Å²) in [4.78, 5) is 14.7. The maximum absolute atomic E-state index is 12.6. The van der Waals surface area contributed by atoms with Gasteiger partial charge in [-0.2, -0.15) is 0 Å². The molecule has 0 aliphatic heterocycles. The zero-order chi connectivity index (χ0) is 14.3. The fourth-order valence-corrected chi connectivity index (χ4v) is 2.62. The molecule has 0 aromatic rings. The Hall–Kier alpha value is -0.570. The molecule has 0 heterocycles. The fourth-order valence-electron chi connectivity index (χ4n) is 2.62. The van der Waals surface area contributed by atoms with Crippen molar-refractivity contribution in [3.05, 3.63) is 0 Å². The SMILES string of the molecule is CCCCCN(CCCCC)C(=O)C(C)(N)C1CC1. The number of hydrogen-bond acceptors (Lipinski definition) is 2. The van der Waals surface area contributed by atoms with Crippen LogP contribution in [0.1, 0.15) is 72.1 Å². The summed E-state index contributed by atoms with van der Waals surface area (Å²) in [6, 6.07) is 0. The van der Waals surface area contributed by atoms with Crippen LogP contribution < -0.4 is 5.73 Å². The molecule has 1 fully saturated rings. The minimum atomic E-state index is -0.627. The molecule has 1 aliphatic rings. The predicted molar refractivity (Wildman–Crippen MR) is 80.9 cm³/mol. The van der Waals surface area contributed by atoms with Gasteiger partial charge in [0.15, 0.2) is 0 Å². The second kappa shape index (κ2) is 7.88. The van der Waals surface area contributed by atoms with Crippen molar-refractivity contribution in [3.8, 4) is 0 Å². The first kappa shape index (κ1) is 16.5. The van der Waals surface area contributed by atoms with Gasteiger partial charge in [0.1, 0.15) is 0 Å². The minimum absolute atomic E-state index is 0.183. The molecule has 0 saturated heterocycles. The van der Waals surface area contributed by atoms with Crippen molar-refractivity contribution in [1.82, 2.24) is 4.90 Å². The highest BCUT2D eigenvalue weighted by Crippen LogP contribution is 2.39. The molecule has 1 aliphatic carbocycles. The van der Waals surface area contributed by atoms with Gasteiger partial charge in [-0.3, -0.25) is 4.79 Å². The Morgan fingerprint density at radius 2 is 1.58 bits per heavy atom. The van der Waals surface area contributed by atoms with Crippen LogP contribution >= 0.6 is 0 Å². The van der Waals surface area contributed by atoms with E-state index in [9.17, 15) is 4.79 Å². The van der Waals surface area contributed by atoms with Crippen molar-refractivity contribution in [2.75, 3.05) is 13.1 Å². The summed E-state index contributed by atoms with van der Waals surface area (Å²) in [7, 11) is 0. The molecule has 0 bridgehead atoms. The van der Waals surface area contributed by atoms with Crippen molar-refractivity contribution >= 4 is 5.91 Å². The molecule has 112 valence electrons. The lowest BCUT2D eigenvalue weighted by Crippen LogP contribution is -2.55. The van der Waals surface area contributed by atoms with Crippen LogP contribution in [-0.2, 0) is 4.79 Å². The number of nitrogens with zero attached hydrogens (tertiary/aromatic N) is 1. The third-order valence-corrected chi connectivity index (χ3v) is 4.24. The van der Waals surface area contributed by atoms with E-state index in [0.29, 0.717) is 5.92 Å². The van der Waals surface area contributed by atoms with Crippen LogP contribution in [0.4, 0.5) is 0 Å². The van der Waals surface area contributed by atoms with Gasteiger partial charge in [-0.25, -0.2) is 0 Å². The average molecular weight is 268 g/mol. The Morgan fingerprint density at radius 1 is 1.11 bits per heavy atom. The van der Waals surface area contributed by atoms with E-state index in [4.69, 9.17) is 5.73 Å². The molecule has 1 unspecified atom stereocenters. The molecule has 1 atom stereocenters. The zero-order valence-corrected chi connectivity index (χ0v) is 13.1. The highest BCUT2D eigenvalue weighted by Gasteiger charge is 2.45. The molecule has 2 N–H and O–H groups in total. The average Bonchev–Trinajstić information content (AvgIpc) is 3.21. The van der Waals surface area contributed by atoms with E-state index in [0.717, 1.165) is 38.8 Å². The maximum atomic E-state index is 12.6. The Labute approximate surface area is 118 Å². The number of amides is 1. The Balaban J connectivity index is 2.51. The van der Waals surface area contributed by atoms with Gasteiger partial charge in [0.25, 0.3) is 0 Å². The number of nitrogens with two attached hydrogens (primary N) is 1. The van der Waals surface area contributed by atoms with E-state index in [1.807, 2.05) is 11.8 Å². The van der Waals surface area contributed by atoms with Gasteiger partial charge >= 0.3 is 0 Å². The quantitative estimate of drug-likeness (QED) is 0.618. The standard InChI is InChI=1S/C16H32N2O/c1-4-6-8-12-18(13-9-7-5-2)15(19)16(3,17)14-10-11-14/h14H,4-13,17H2,1-3H3. The third-order valence-electron chi connectivity index (χ3n) is 4.24. The lowest BCUT2D eigenvalue weighted by atomic mass is 9.95. The highest BCUT2D eigenvalue weighted by atomic mass is 16.2. The van der Waals surface area contributed by atoms with Gasteiger partial charge < -0.3 is 10.6 Å². The smallest absolute Gasteiger partial charge is 0.242 e. The molecule has 3 heteroatoms. The Morgan fingerprint density at radius 3 is 1.95 bits per heavy atom. The van der Waals surface area contributed by atoms with Gasteiger partial charge in [0, 0.05) is 13.1 Å². The van der Waals surface area contributed by atoms with Crippen LogP contribution in [-0.4, -0.2) is 29.4 Å². The largest absolute Gasteiger partial charge is 0.341 e. The van der Waals surface area contributed by atoms with Crippen molar-refractivity contribution in [2.24, 2.45) is 11.7 Å². The second-order valence-corrected chi connectivity index (χ2v) is 6.26. The fraction of sp³-hybridized carbons (Fsp3) is 0.938. The summed E-state index contributed by atoms with van der Waals surface area (Å²) in [6.07, 6.45) is 9.24. The van der Waals surface area contributed by atoms with Crippen molar-refractivity contribution in [1.29, 1.82) is 0 Å². The first-order valence-electron chi connectivity index (χ1n) is 8.12. The number of carbonyl (C=O) groups is 1. The third kappa shape index (κ3) is 5.13. The van der Waals surface area contributed by atoms with Crippen LogP contribution in [0.15, 0.2) is 0 Å². The summed E-state index contributed by atoms with van der Waals surface area (Å²) >= 11 is 0. The lowest BCUT2D eigenvalue weighted by Gasteiger charge is -2.32. The summed E-state index contributed by atoms with van der Waals surface area (Å²) in [5.41, 5.74) is 5.66. The number of hydrogen-bond donors (Lipinski definition) is 1. The summed E-state index contributed by atoms with van der Waals surface area (Å²) in [5, 5.41) is 0. The van der Waals surface area contributed by atoms with E-state index < -0.39 is 5.54 Å². The van der Waals surface area contributed by atoms with Gasteiger partial charge in [0.2, 0.25) is 5.91 Å². The van der Waals surface area contributed by atoms with E-state index >= 15 is 0 Å². The summed E-state index contributed by atoms with van der Waals surface area (Å²) in [6.45, 7) is 8.09. The minimum Gasteiger partial charge on any atom is -0.341 e. The number of carbonyl (C=O) groups excluding carboxylic acids is 1. The van der Waals surface area contributed by atoms with Gasteiger partial charge in [-0.05, 0) is 38.5 Å². The summed E-state index contributed by atoms with van der Waals surface area (Å²) in [5.74, 6) is 0.599. The normalized spacial score (nSPS) is 18.1. The van der Waals surface area contributed by atoms with Crippen LogP contribution in [0, 0.1) is 5.92 Å². The first-order valence-corrected chi connectivity index (χ1v) is 8.12. The van der Waals surface area contributed by atoms with Crippen LogP contribution in [0.3, 0.4) is 0 Å². The molecular weight excluding hydrogens is 236 g/mol. The van der Waals surface area contributed by atoms with Crippen LogP contribution in [0.2, 0.25) is 0 Å². The molecule has 1 saturated carbocycles. The molecular formula is C16H32N2O. The summed E-state index contributed by atoms with van der Waals surface area (Å²) < 4.78 is 0. The van der Waals surface area contributed by atoms with E-state index in [1.165, 1.54) is 25.7 Å². The molecule has 0 radical (unpaired) electrons. The number of rotatable bonds is 10.